The van der Waals surface area contributed by atoms with Gasteiger partial charge in [0, 0.05) is 29.2 Å². The zero-order valence-electron chi connectivity index (χ0n) is 8.86. The molecule has 1 heterocycles. The summed E-state index contributed by atoms with van der Waals surface area (Å²) in [4.78, 5) is 13.2. The van der Waals surface area contributed by atoms with Crippen LogP contribution in [-0.2, 0) is 0 Å². The third kappa shape index (κ3) is 2.40. The average Bonchev–Trinajstić information content (AvgIpc) is 2.68. The van der Waals surface area contributed by atoms with E-state index in [-0.39, 0.29) is 5.69 Å². The lowest BCUT2D eigenvalue weighted by atomic mass is 10.1. The third-order valence-corrected chi connectivity index (χ3v) is 3.30. The third-order valence-electron chi connectivity index (χ3n) is 2.60. The molecular weight excluding hydrogens is 300 g/mol. The standard InChI is InChI=1S/C10H8Cl3N3O2/c11-10(12,13)9(14)7-4-15-8-2-1-5(16(17)18)3-6(7)8/h1-4,9,15H,14H2. The minimum absolute atomic E-state index is 0.0418. The van der Waals surface area contributed by atoms with Crippen molar-refractivity contribution >= 4 is 51.4 Å². The Morgan fingerprint density at radius 2 is 2.06 bits per heavy atom. The number of nitrogens with zero attached hydrogens (tertiary/aromatic N) is 1. The van der Waals surface area contributed by atoms with Crippen molar-refractivity contribution < 1.29 is 4.92 Å². The molecule has 1 aromatic heterocycles. The maximum absolute atomic E-state index is 10.7. The highest BCUT2D eigenvalue weighted by molar-refractivity contribution is 6.68. The number of nitrogens with one attached hydrogen (secondary N) is 1. The fourth-order valence-electron chi connectivity index (χ4n) is 1.68. The lowest BCUT2D eigenvalue weighted by Crippen LogP contribution is -2.25. The zero-order chi connectivity index (χ0) is 13.5. The van der Waals surface area contributed by atoms with E-state index in [1.165, 1.54) is 12.1 Å². The van der Waals surface area contributed by atoms with Crippen LogP contribution >= 0.6 is 34.8 Å². The number of aromatic amines is 1. The van der Waals surface area contributed by atoms with Gasteiger partial charge in [0.1, 0.15) is 0 Å². The average molecular weight is 309 g/mol. The summed E-state index contributed by atoms with van der Waals surface area (Å²) in [5.74, 6) is 0. The highest BCUT2D eigenvalue weighted by atomic mass is 35.6. The van der Waals surface area contributed by atoms with Crippen molar-refractivity contribution in [2.24, 2.45) is 5.73 Å². The number of halogens is 3. The second-order valence-electron chi connectivity index (χ2n) is 3.75. The van der Waals surface area contributed by atoms with Gasteiger partial charge in [0.15, 0.2) is 0 Å². The van der Waals surface area contributed by atoms with E-state index < -0.39 is 14.8 Å². The predicted octanol–water partition coefficient (Wildman–Crippen LogP) is 3.45. The molecule has 0 aliphatic rings. The van der Waals surface area contributed by atoms with Crippen molar-refractivity contribution in [2.75, 3.05) is 0 Å². The molecule has 0 saturated heterocycles. The molecule has 0 fully saturated rings. The topological polar surface area (TPSA) is 85.0 Å². The van der Waals surface area contributed by atoms with Gasteiger partial charge in [-0.2, -0.15) is 0 Å². The molecule has 18 heavy (non-hydrogen) atoms. The number of benzene rings is 1. The minimum Gasteiger partial charge on any atom is -0.361 e. The van der Waals surface area contributed by atoms with E-state index in [0.717, 1.165) is 0 Å². The van der Waals surface area contributed by atoms with Crippen LogP contribution in [0.15, 0.2) is 24.4 Å². The Bertz CT molecular complexity index is 606. The normalized spacial score (nSPS) is 13.8. The van der Waals surface area contributed by atoms with Gasteiger partial charge in [-0.1, -0.05) is 34.8 Å². The molecule has 0 saturated carbocycles. The van der Waals surface area contributed by atoms with Crippen LogP contribution in [-0.4, -0.2) is 13.7 Å². The molecule has 0 spiro atoms. The van der Waals surface area contributed by atoms with E-state index in [2.05, 4.69) is 4.98 Å². The fourth-order valence-corrected chi connectivity index (χ4v) is 2.03. The molecule has 2 rings (SSSR count). The number of H-pyrrole nitrogens is 1. The van der Waals surface area contributed by atoms with Gasteiger partial charge in [0.2, 0.25) is 3.79 Å². The molecule has 0 aliphatic heterocycles. The van der Waals surface area contributed by atoms with Gasteiger partial charge in [0.05, 0.1) is 11.0 Å². The number of alkyl halides is 3. The van der Waals surface area contributed by atoms with E-state index in [1.54, 1.807) is 12.3 Å². The summed E-state index contributed by atoms with van der Waals surface area (Å²) in [7, 11) is 0. The van der Waals surface area contributed by atoms with Gasteiger partial charge in [-0.05, 0) is 11.6 Å². The summed E-state index contributed by atoms with van der Waals surface area (Å²) in [6.07, 6.45) is 1.58. The van der Waals surface area contributed by atoms with Gasteiger partial charge < -0.3 is 10.7 Å². The summed E-state index contributed by atoms with van der Waals surface area (Å²) < 4.78 is -1.68. The van der Waals surface area contributed by atoms with Gasteiger partial charge in [-0.3, -0.25) is 10.1 Å². The maximum atomic E-state index is 10.7. The first-order chi connectivity index (χ1) is 8.30. The second-order valence-corrected chi connectivity index (χ2v) is 6.12. The zero-order valence-corrected chi connectivity index (χ0v) is 11.1. The number of nitrogens with two attached hydrogens (primary N) is 1. The monoisotopic (exact) mass is 307 g/mol. The number of aromatic nitrogens is 1. The fraction of sp³-hybridized carbons (Fsp3) is 0.200. The quantitative estimate of drug-likeness (QED) is 0.506. The maximum Gasteiger partial charge on any atom is 0.270 e. The SMILES string of the molecule is NC(c1c[nH]c2ccc([N+](=O)[O-])cc12)C(Cl)(Cl)Cl. The Morgan fingerprint density at radius 3 is 2.61 bits per heavy atom. The van der Waals surface area contributed by atoms with Crippen LogP contribution < -0.4 is 5.73 Å². The molecule has 5 nitrogen and oxygen atoms in total. The Kier molecular flexibility index (Phi) is 3.42. The van der Waals surface area contributed by atoms with E-state index in [0.29, 0.717) is 16.5 Å². The van der Waals surface area contributed by atoms with Crippen molar-refractivity contribution in [1.29, 1.82) is 0 Å². The molecule has 1 unspecified atom stereocenters. The molecule has 0 radical (unpaired) electrons. The molecule has 0 aliphatic carbocycles. The first kappa shape index (κ1) is 13.4. The molecule has 0 bridgehead atoms. The number of nitro groups is 1. The highest BCUT2D eigenvalue weighted by Gasteiger charge is 2.32. The van der Waals surface area contributed by atoms with Crippen LogP contribution in [0.1, 0.15) is 11.6 Å². The van der Waals surface area contributed by atoms with E-state index in [4.69, 9.17) is 40.5 Å². The molecule has 0 amide bonds. The largest absolute Gasteiger partial charge is 0.361 e. The Labute approximate surface area is 117 Å². The first-order valence-electron chi connectivity index (χ1n) is 4.88. The smallest absolute Gasteiger partial charge is 0.270 e. The van der Waals surface area contributed by atoms with Crippen molar-refractivity contribution in [3.05, 3.63) is 40.1 Å². The summed E-state index contributed by atoms with van der Waals surface area (Å²) in [6, 6.07) is 3.50. The second kappa shape index (κ2) is 4.59. The van der Waals surface area contributed by atoms with Crippen molar-refractivity contribution in [1.82, 2.24) is 4.98 Å². The summed E-state index contributed by atoms with van der Waals surface area (Å²) in [5, 5.41) is 11.3. The summed E-state index contributed by atoms with van der Waals surface area (Å²) in [5.41, 5.74) is 7.00. The number of fused-ring (bicyclic) bond motifs is 1. The van der Waals surface area contributed by atoms with E-state index in [9.17, 15) is 10.1 Å². The van der Waals surface area contributed by atoms with Gasteiger partial charge in [0.25, 0.3) is 5.69 Å². The summed E-state index contributed by atoms with van der Waals surface area (Å²) >= 11 is 17.2. The minimum atomic E-state index is -1.68. The lowest BCUT2D eigenvalue weighted by Gasteiger charge is -2.19. The van der Waals surface area contributed by atoms with Crippen LogP contribution in [0, 0.1) is 10.1 Å². The molecule has 1 aromatic carbocycles. The molecule has 8 heteroatoms. The summed E-state index contributed by atoms with van der Waals surface area (Å²) in [6.45, 7) is 0. The molecule has 3 N–H and O–H groups in total. The highest BCUT2D eigenvalue weighted by Crippen LogP contribution is 2.40. The van der Waals surface area contributed by atoms with Crippen molar-refractivity contribution in [3.63, 3.8) is 0 Å². The molecule has 96 valence electrons. The lowest BCUT2D eigenvalue weighted by molar-refractivity contribution is -0.384. The van der Waals surface area contributed by atoms with Crippen LogP contribution in [0.4, 0.5) is 5.69 Å². The Balaban J connectivity index is 2.59. The van der Waals surface area contributed by atoms with Crippen molar-refractivity contribution in [3.8, 4) is 0 Å². The van der Waals surface area contributed by atoms with Gasteiger partial charge in [-0.15, -0.1) is 0 Å². The molecule has 2 aromatic rings. The van der Waals surface area contributed by atoms with Crippen LogP contribution in [0.3, 0.4) is 0 Å². The van der Waals surface area contributed by atoms with E-state index >= 15 is 0 Å². The van der Waals surface area contributed by atoms with Crippen LogP contribution in [0.5, 0.6) is 0 Å². The van der Waals surface area contributed by atoms with E-state index in [1.807, 2.05) is 0 Å². The molecule has 1 atom stereocenters. The number of rotatable bonds is 2. The van der Waals surface area contributed by atoms with Gasteiger partial charge in [-0.25, -0.2) is 0 Å². The predicted molar refractivity (Wildman–Crippen MR) is 72.2 cm³/mol. The van der Waals surface area contributed by atoms with Crippen LogP contribution in [0.25, 0.3) is 10.9 Å². The Morgan fingerprint density at radius 1 is 1.39 bits per heavy atom. The van der Waals surface area contributed by atoms with Crippen LogP contribution in [0.2, 0.25) is 0 Å². The number of hydrogen-bond donors (Lipinski definition) is 2. The van der Waals surface area contributed by atoms with Crippen molar-refractivity contribution in [2.45, 2.75) is 9.83 Å². The molecular formula is C10H8Cl3N3O2. The Hall–Kier alpha value is -1.01. The van der Waals surface area contributed by atoms with Gasteiger partial charge >= 0.3 is 0 Å². The number of nitro benzene ring substituents is 1. The first-order valence-corrected chi connectivity index (χ1v) is 6.02. The number of hydrogen-bond acceptors (Lipinski definition) is 3. The number of non-ortho nitro benzene ring substituents is 1.